The monoisotopic (exact) mass is 1870 g/mol. The average Bonchev–Trinajstić information content (AvgIpc) is 1.62. The first-order valence-corrected chi connectivity index (χ1v) is 39.7. The second-order valence-corrected chi connectivity index (χ2v) is 31.1. The van der Waals surface area contributed by atoms with E-state index in [1.165, 1.54) is 46.8 Å². The zero-order valence-corrected chi connectivity index (χ0v) is 69.8. The van der Waals surface area contributed by atoms with Crippen molar-refractivity contribution in [3.8, 4) is 22.5 Å². The van der Waals surface area contributed by atoms with Gasteiger partial charge in [0.1, 0.15) is 45.8 Å². The van der Waals surface area contributed by atoms with Crippen molar-refractivity contribution in [1.82, 2.24) is 64.3 Å². The molecule has 7 aliphatic heterocycles. The van der Waals surface area contributed by atoms with Crippen molar-refractivity contribution in [2.45, 2.75) is 194 Å². The van der Waals surface area contributed by atoms with Crippen molar-refractivity contribution in [2.24, 2.45) is 4.99 Å². The summed E-state index contributed by atoms with van der Waals surface area (Å²) in [5.41, 5.74) is 5.68. The molecule has 15 rings (SSSR count). The Morgan fingerprint density at radius 1 is 0.542 bits per heavy atom. The SMILES string of the molecule is BrC1=CC(Br)=NC1.Brc1cc(Br)n(C2CCCCO2)n1.C1=COCCC1.Cc1ncccc1-c1cc(C(F)F)[nH]n1.Cc1ncccc1-c1cc(C(F)F)n(C2CCCCO2)n1.Cc1ncccc1B1OC(C)(C)C(C)(C)O1.FC(F)c1cc(Br)nn1C1CCCCO1.O=Cc1cc(Br)nn1C1CCCCO1. The summed E-state index contributed by atoms with van der Waals surface area (Å²) in [5.74, 6) is 0. The molecule has 5 fully saturated rings. The van der Waals surface area contributed by atoms with Crippen LogP contribution in [0.2, 0.25) is 0 Å². The lowest BCUT2D eigenvalue weighted by Gasteiger charge is -2.32. The van der Waals surface area contributed by atoms with Gasteiger partial charge >= 0.3 is 7.12 Å². The number of aldehydes is 1. The molecule has 1 N–H and O–H groups in total. The van der Waals surface area contributed by atoms with E-state index in [-0.39, 0.29) is 54.1 Å². The molecule has 8 aromatic heterocycles. The van der Waals surface area contributed by atoms with E-state index >= 15 is 0 Å². The molecule has 0 bridgehead atoms. The largest absolute Gasteiger partial charge is 0.502 e. The number of allylic oxidation sites excluding steroid dienone is 2. The van der Waals surface area contributed by atoms with Crippen LogP contribution in [0.3, 0.4) is 0 Å². The number of alkyl halides is 6. The van der Waals surface area contributed by atoms with E-state index < -0.39 is 25.5 Å². The summed E-state index contributed by atoms with van der Waals surface area (Å²) in [4.78, 5) is 27.3. The molecule has 22 nitrogen and oxygen atoms in total. The Kier molecular flexibility index (Phi) is 35.2. The fourth-order valence-electron chi connectivity index (χ4n) is 11.3. The van der Waals surface area contributed by atoms with E-state index in [1.807, 2.05) is 61.9 Å². The Hall–Kier alpha value is -5.60. The summed E-state index contributed by atoms with van der Waals surface area (Å²) in [5, 5.41) is 22.9. The number of carbonyl (C=O) groups excluding carboxylic acids is 1. The molecule has 0 amide bonds. The van der Waals surface area contributed by atoms with Gasteiger partial charge in [-0.25, -0.2) is 45.1 Å². The summed E-state index contributed by atoms with van der Waals surface area (Å²) in [6.07, 6.45) is 17.7. The standard InChI is InChI=1S/C15H17F2N3O.C12H18BNO2.C10H9F2N3.C9H11BrF2N2O.C9H11BrN2O2.C8H10Br2N2O.C5H8O.C4H3Br2N/c1-10-11(5-4-7-18-10)12-9-13(15(16)17)20(19-12)14-6-2-3-8-21-14;1-9-10(7-6-8-14-9)13-15-11(2,3)12(4,5)16-13;1-6-7(3-2-4-13-6)8-5-9(10(11)12)15-14-8;10-7-5-6(9(11)12)14(13-7)8-3-1-2-4-15-8;10-8-5-7(6-13)12(11-8)9-3-1-2-4-14-9;9-6-5-7(10)12(11-6)8-3-1-2-4-13-8;1-2-4-6-5-3-1;5-3-1-4(6)7-2-3/h4-5,7,9,14-15H,2-3,6,8H2,1H3;6-8H,1-5H3;2-5,10H,1H3,(H,14,15);5,8-9H,1-4H2;5-6,9H,1-4H2;5,8H,1-4H2;2,4H,1,3,5H2;1H,2H2. The highest BCUT2D eigenvalue weighted by Gasteiger charge is 2.52. The quantitative estimate of drug-likeness (QED) is 0.0720. The topological polar surface area (TPSA) is 233 Å². The molecule has 0 aromatic carbocycles. The lowest BCUT2D eigenvalue weighted by molar-refractivity contribution is -0.0460. The second-order valence-electron chi connectivity index (χ2n) is 26.0. The number of hydrogen-bond acceptors (Lipinski definition) is 17. The zero-order chi connectivity index (χ0) is 77.2. The first kappa shape index (κ1) is 87.0. The summed E-state index contributed by atoms with van der Waals surface area (Å²) in [6.45, 7) is 18.3. The maximum absolute atomic E-state index is 13.3. The highest BCUT2D eigenvalue weighted by molar-refractivity contribution is 9.18. The molecule has 4 unspecified atom stereocenters. The number of aliphatic imine (C=N–C) groups is 1. The van der Waals surface area contributed by atoms with E-state index in [9.17, 15) is 31.1 Å². The first-order valence-electron chi connectivity index (χ1n) is 35.0. The van der Waals surface area contributed by atoms with Crippen LogP contribution in [0, 0.1) is 20.8 Å². The molecule has 580 valence electrons. The van der Waals surface area contributed by atoms with Crippen molar-refractivity contribution in [1.29, 1.82) is 0 Å². The highest BCUT2D eigenvalue weighted by Crippen LogP contribution is 2.38. The van der Waals surface area contributed by atoms with Gasteiger partial charge in [-0.3, -0.25) is 29.8 Å². The van der Waals surface area contributed by atoms with Crippen molar-refractivity contribution in [3.63, 3.8) is 0 Å². The molecule has 35 heteroatoms. The molecule has 0 spiro atoms. The van der Waals surface area contributed by atoms with Crippen LogP contribution in [-0.4, -0.2) is 133 Å². The minimum absolute atomic E-state index is 0.0738. The van der Waals surface area contributed by atoms with Gasteiger partial charge in [0.25, 0.3) is 19.3 Å². The summed E-state index contributed by atoms with van der Waals surface area (Å²) < 4.78 is 127. The molecule has 107 heavy (non-hydrogen) atoms. The highest BCUT2D eigenvalue weighted by atomic mass is 79.9. The van der Waals surface area contributed by atoms with Crippen molar-refractivity contribution >= 4 is 119 Å². The lowest BCUT2D eigenvalue weighted by Crippen LogP contribution is -2.41. The van der Waals surface area contributed by atoms with Gasteiger partial charge < -0.3 is 33.0 Å². The number of pyridine rings is 3. The third-order valence-corrected chi connectivity index (χ3v) is 20.3. The number of rotatable bonds is 11. The van der Waals surface area contributed by atoms with Crippen LogP contribution in [0.4, 0.5) is 26.3 Å². The Morgan fingerprint density at radius 2 is 1.02 bits per heavy atom. The van der Waals surface area contributed by atoms with E-state index in [4.69, 9.17) is 33.0 Å². The van der Waals surface area contributed by atoms with E-state index in [1.54, 1.807) is 53.8 Å². The normalized spacial score (nSPS) is 19.9. The second kappa shape index (κ2) is 43.3. The number of aromatic nitrogens is 13. The summed E-state index contributed by atoms with van der Waals surface area (Å²) >= 11 is 19.6. The predicted octanol–water partition coefficient (Wildman–Crippen LogP) is 20.2. The third-order valence-electron chi connectivity index (χ3n) is 17.6. The van der Waals surface area contributed by atoms with Crippen LogP contribution in [-0.2, 0) is 33.0 Å². The fraction of sp³-hybridized carbons (Fsp3) is 0.500. The molecule has 0 radical (unpaired) electrons. The van der Waals surface area contributed by atoms with Gasteiger partial charge in [-0.05, 0) is 279 Å². The van der Waals surface area contributed by atoms with Crippen LogP contribution in [0.15, 0.2) is 132 Å². The number of halogens is 12. The molecule has 0 aliphatic carbocycles. The van der Waals surface area contributed by atoms with Crippen molar-refractivity contribution < 1.29 is 64.1 Å². The van der Waals surface area contributed by atoms with Gasteiger partial charge in [-0.15, -0.1) is 0 Å². The Bertz CT molecular complexity index is 4130. The van der Waals surface area contributed by atoms with Crippen molar-refractivity contribution in [3.05, 3.63) is 166 Å². The van der Waals surface area contributed by atoms with Crippen molar-refractivity contribution in [2.75, 3.05) is 39.6 Å². The number of aryl methyl sites for hydroxylation is 3. The lowest BCUT2D eigenvalue weighted by atomic mass is 9.78. The molecule has 5 saturated heterocycles. The molecule has 7 aliphatic rings. The van der Waals surface area contributed by atoms with Gasteiger partial charge in [-0.2, -0.15) is 25.5 Å². The van der Waals surface area contributed by atoms with Crippen LogP contribution in [0.5, 0.6) is 0 Å². The van der Waals surface area contributed by atoms with E-state index in [0.29, 0.717) is 45.9 Å². The van der Waals surface area contributed by atoms with Gasteiger partial charge in [0.15, 0.2) is 31.2 Å². The van der Waals surface area contributed by atoms with Gasteiger partial charge in [-0.1, -0.05) is 22.0 Å². The Morgan fingerprint density at radius 3 is 1.42 bits per heavy atom. The number of nitrogens with zero attached hydrogens (tertiary/aromatic N) is 13. The van der Waals surface area contributed by atoms with Crippen LogP contribution in [0.25, 0.3) is 22.5 Å². The van der Waals surface area contributed by atoms with Crippen LogP contribution in [0.1, 0.15) is 206 Å². The Labute approximate surface area is 669 Å². The first-order chi connectivity index (χ1) is 51.2. The zero-order valence-electron chi connectivity index (χ0n) is 60.3. The Balaban J connectivity index is 0.000000157. The molecular formula is C72H87BBr6F6N14O8. The van der Waals surface area contributed by atoms with Crippen LogP contribution < -0.4 is 5.46 Å². The third kappa shape index (κ3) is 26.3. The van der Waals surface area contributed by atoms with E-state index in [2.05, 4.69) is 174 Å². The van der Waals surface area contributed by atoms with E-state index in [0.717, 1.165) is 149 Å². The summed E-state index contributed by atoms with van der Waals surface area (Å²) in [6, 6.07) is 18.8. The molecular weight excluding hydrogens is 1790 g/mol. The fourth-order valence-corrected chi connectivity index (χ4v) is 14.4. The smallest absolute Gasteiger partial charge is 0.496 e. The average molecular weight is 1880 g/mol. The summed E-state index contributed by atoms with van der Waals surface area (Å²) in [7, 11) is -0.307. The number of ether oxygens (including phenoxy) is 5. The number of hydrogen-bond donors (Lipinski definition) is 1. The van der Waals surface area contributed by atoms with Gasteiger partial charge in [0, 0.05) is 95.3 Å². The molecule has 15 heterocycles. The molecule has 4 atom stereocenters. The predicted molar refractivity (Wildman–Crippen MR) is 417 cm³/mol. The molecule has 0 saturated carbocycles. The number of carbonyl (C=O) groups is 1. The minimum atomic E-state index is -2.58. The number of aromatic amines is 1. The number of H-pyrrole nitrogens is 1. The number of nitrogens with one attached hydrogen (secondary N) is 1. The molecule has 8 aromatic rings. The maximum Gasteiger partial charge on any atom is 0.496 e. The van der Waals surface area contributed by atoms with Gasteiger partial charge in [0.2, 0.25) is 0 Å². The minimum Gasteiger partial charge on any atom is -0.502 e. The van der Waals surface area contributed by atoms with Gasteiger partial charge in [0.05, 0.1) is 42.0 Å². The van der Waals surface area contributed by atoms with Crippen LogP contribution >= 0.6 is 95.6 Å². The maximum atomic E-state index is 13.3.